The third kappa shape index (κ3) is 6.89. The van der Waals surface area contributed by atoms with Crippen LogP contribution in [0.1, 0.15) is 20.3 Å². The lowest BCUT2D eigenvalue weighted by molar-refractivity contribution is -0.157. The summed E-state index contributed by atoms with van der Waals surface area (Å²) in [6.45, 7) is 3.11. The van der Waals surface area contributed by atoms with Crippen molar-refractivity contribution in [2.75, 3.05) is 11.9 Å². The Morgan fingerprint density at radius 3 is 2.38 bits per heavy atom. The van der Waals surface area contributed by atoms with Crippen molar-refractivity contribution in [2.45, 2.75) is 26.4 Å². The van der Waals surface area contributed by atoms with Gasteiger partial charge in [-0.2, -0.15) is 0 Å². The third-order valence-corrected chi connectivity index (χ3v) is 2.75. The molecular weight excluding hydrogens is 342 g/mol. The highest BCUT2D eigenvalue weighted by Gasteiger charge is 2.17. The molecule has 6 nitrogen and oxygen atoms in total. The van der Waals surface area contributed by atoms with Crippen molar-refractivity contribution in [3.63, 3.8) is 0 Å². The Balaban J connectivity index is 2.29. The van der Waals surface area contributed by atoms with Gasteiger partial charge in [-0.25, -0.2) is 9.59 Å². The maximum absolute atomic E-state index is 11.5. The van der Waals surface area contributed by atoms with E-state index in [4.69, 9.17) is 9.47 Å². The number of halogens is 1. The lowest BCUT2D eigenvalue weighted by Gasteiger charge is -2.08. The Kier molecular flexibility index (Phi) is 6.87. The van der Waals surface area contributed by atoms with Crippen LogP contribution in [0.4, 0.5) is 10.5 Å². The molecule has 21 heavy (non-hydrogen) atoms. The molecule has 0 bridgehead atoms. The van der Waals surface area contributed by atoms with Gasteiger partial charge in [-0.15, -0.1) is 0 Å². The predicted octanol–water partition coefficient (Wildman–Crippen LogP) is 2.91. The summed E-state index contributed by atoms with van der Waals surface area (Å²) in [5, 5.41) is 2.49. The van der Waals surface area contributed by atoms with Gasteiger partial charge >= 0.3 is 12.1 Å². The quantitative estimate of drug-likeness (QED) is 0.625. The van der Waals surface area contributed by atoms with E-state index in [-0.39, 0.29) is 19.1 Å². The van der Waals surface area contributed by atoms with E-state index < -0.39 is 17.8 Å². The van der Waals surface area contributed by atoms with Gasteiger partial charge < -0.3 is 9.47 Å². The number of rotatable bonds is 6. The fourth-order valence-corrected chi connectivity index (χ4v) is 1.57. The first-order valence-electron chi connectivity index (χ1n) is 6.31. The summed E-state index contributed by atoms with van der Waals surface area (Å²) in [4.78, 5) is 34.0. The van der Waals surface area contributed by atoms with Gasteiger partial charge in [0.15, 0.2) is 0 Å². The number of anilines is 1. The number of carbonyl (C=O) groups is 3. The molecule has 0 saturated heterocycles. The molecule has 0 radical (unpaired) electrons. The van der Waals surface area contributed by atoms with Crippen molar-refractivity contribution in [1.82, 2.24) is 0 Å². The largest absolute Gasteiger partial charge is 0.457 e. The van der Waals surface area contributed by atoms with Crippen LogP contribution >= 0.6 is 15.9 Å². The van der Waals surface area contributed by atoms with E-state index in [1.807, 2.05) is 0 Å². The summed E-state index contributed by atoms with van der Waals surface area (Å²) >= 11 is 3.27. The van der Waals surface area contributed by atoms with Crippen LogP contribution in [0.15, 0.2) is 28.7 Å². The molecule has 0 aliphatic rings. The van der Waals surface area contributed by atoms with E-state index in [0.29, 0.717) is 5.69 Å². The number of ether oxygens (including phenoxy) is 2. The lowest BCUT2D eigenvalue weighted by atomic mass is 10.3. The molecule has 1 aromatic rings. The summed E-state index contributed by atoms with van der Waals surface area (Å²) in [6.07, 6.45) is -1.26. The van der Waals surface area contributed by atoms with Gasteiger partial charge in [0, 0.05) is 10.2 Å². The monoisotopic (exact) mass is 357 g/mol. The van der Waals surface area contributed by atoms with E-state index in [0.717, 1.165) is 4.47 Å². The highest BCUT2D eigenvalue weighted by molar-refractivity contribution is 9.10. The zero-order chi connectivity index (χ0) is 15.8. The van der Waals surface area contributed by atoms with E-state index in [1.54, 1.807) is 38.1 Å². The molecule has 0 fully saturated rings. The molecule has 0 aliphatic heterocycles. The van der Waals surface area contributed by atoms with Crippen molar-refractivity contribution in [3.05, 3.63) is 28.7 Å². The first kappa shape index (κ1) is 17.2. The smallest absolute Gasteiger partial charge is 0.411 e. The molecule has 0 unspecified atom stereocenters. The highest BCUT2D eigenvalue weighted by atomic mass is 79.9. The first-order chi connectivity index (χ1) is 9.88. The highest BCUT2D eigenvalue weighted by Crippen LogP contribution is 2.14. The SMILES string of the molecule is CC(C)OC(=O)C(=O)CCOC(=O)Nc1ccc(Br)cc1. The minimum Gasteiger partial charge on any atom is -0.457 e. The normalized spacial score (nSPS) is 10.1. The molecule has 1 N–H and O–H groups in total. The number of carbonyl (C=O) groups excluding carboxylic acids is 3. The fourth-order valence-electron chi connectivity index (χ4n) is 1.31. The minimum absolute atomic E-state index is 0.186. The van der Waals surface area contributed by atoms with E-state index in [2.05, 4.69) is 21.2 Å². The molecule has 0 atom stereocenters. The lowest BCUT2D eigenvalue weighted by Crippen LogP contribution is -2.23. The number of Topliss-reactive ketones (excluding diaryl/α,β-unsaturated/α-hetero) is 1. The average Bonchev–Trinajstić information content (AvgIpc) is 2.40. The van der Waals surface area contributed by atoms with Crippen molar-refractivity contribution < 1.29 is 23.9 Å². The second-order valence-electron chi connectivity index (χ2n) is 4.40. The molecule has 0 saturated carbocycles. The van der Waals surface area contributed by atoms with Crippen molar-refractivity contribution in [2.24, 2.45) is 0 Å². The summed E-state index contributed by atoms with van der Waals surface area (Å²) in [6, 6.07) is 6.91. The van der Waals surface area contributed by atoms with Gasteiger partial charge in [0.1, 0.15) is 6.61 Å². The Morgan fingerprint density at radius 2 is 1.81 bits per heavy atom. The summed E-state index contributed by atoms with van der Waals surface area (Å²) in [5.41, 5.74) is 0.564. The van der Waals surface area contributed by atoms with Gasteiger partial charge in [-0.3, -0.25) is 10.1 Å². The van der Waals surface area contributed by atoms with Crippen molar-refractivity contribution in [1.29, 1.82) is 0 Å². The zero-order valence-corrected chi connectivity index (χ0v) is 13.3. The van der Waals surface area contributed by atoms with E-state index in [1.165, 1.54) is 0 Å². The topological polar surface area (TPSA) is 81.7 Å². The molecule has 1 rings (SSSR count). The molecule has 0 heterocycles. The number of esters is 1. The van der Waals surface area contributed by atoms with Gasteiger partial charge in [-0.1, -0.05) is 15.9 Å². The van der Waals surface area contributed by atoms with Crippen LogP contribution in [-0.4, -0.2) is 30.6 Å². The van der Waals surface area contributed by atoms with Gasteiger partial charge in [0.25, 0.3) is 0 Å². The molecule has 114 valence electrons. The standard InChI is InChI=1S/C14H16BrNO5/c1-9(2)21-13(18)12(17)7-8-20-14(19)16-11-5-3-10(15)4-6-11/h3-6,9H,7-8H2,1-2H3,(H,16,19). The summed E-state index contributed by atoms with van der Waals surface area (Å²) in [5.74, 6) is -1.64. The number of amides is 1. The maximum atomic E-state index is 11.5. The third-order valence-electron chi connectivity index (χ3n) is 2.22. The summed E-state index contributed by atoms with van der Waals surface area (Å²) < 4.78 is 10.4. The van der Waals surface area contributed by atoms with Gasteiger partial charge in [-0.05, 0) is 38.1 Å². The van der Waals surface area contributed by atoms with Crippen LogP contribution in [0.25, 0.3) is 0 Å². The Hall–Kier alpha value is -1.89. The molecule has 0 aliphatic carbocycles. The molecule has 7 heteroatoms. The van der Waals surface area contributed by atoms with E-state index >= 15 is 0 Å². The van der Waals surface area contributed by atoms with E-state index in [9.17, 15) is 14.4 Å². The van der Waals surface area contributed by atoms with Crippen LogP contribution in [-0.2, 0) is 19.1 Å². The molecular formula is C14H16BrNO5. The Morgan fingerprint density at radius 1 is 1.19 bits per heavy atom. The fraction of sp³-hybridized carbons (Fsp3) is 0.357. The molecule has 0 aromatic heterocycles. The number of benzene rings is 1. The molecule has 1 amide bonds. The van der Waals surface area contributed by atoms with Crippen LogP contribution in [0.3, 0.4) is 0 Å². The molecule has 0 spiro atoms. The predicted molar refractivity (Wildman–Crippen MR) is 80.0 cm³/mol. The van der Waals surface area contributed by atoms with Crippen molar-refractivity contribution in [3.8, 4) is 0 Å². The first-order valence-corrected chi connectivity index (χ1v) is 7.11. The Bertz CT molecular complexity index is 513. The Labute approximate surface area is 130 Å². The number of nitrogens with one attached hydrogen (secondary N) is 1. The van der Waals surface area contributed by atoms with Crippen LogP contribution in [0.5, 0.6) is 0 Å². The maximum Gasteiger partial charge on any atom is 0.411 e. The average molecular weight is 358 g/mol. The van der Waals surface area contributed by atoms with Crippen LogP contribution < -0.4 is 5.32 Å². The van der Waals surface area contributed by atoms with Crippen molar-refractivity contribution >= 4 is 39.5 Å². The summed E-state index contributed by atoms with van der Waals surface area (Å²) in [7, 11) is 0. The molecule has 1 aromatic carbocycles. The van der Waals surface area contributed by atoms with Crippen LogP contribution in [0.2, 0.25) is 0 Å². The zero-order valence-electron chi connectivity index (χ0n) is 11.7. The second kappa shape index (κ2) is 8.41. The van der Waals surface area contributed by atoms with Gasteiger partial charge in [0.2, 0.25) is 5.78 Å². The van der Waals surface area contributed by atoms with Gasteiger partial charge in [0.05, 0.1) is 12.5 Å². The number of ketones is 1. The minimum atomic E-state index is -0.915. The number of hydrogen-bond donors (Lipinski definition) is 1. The van der Waals surface area contributed by atoms with Crippen LogP contribution in [0, 0.1) is 0 Å². The number of hydrogen-bond acceptors (Lipinski definition) is 5. The second-order valence-corrected chi connectivity index (χ2v) is 5.31.